The number of hydrogen-bond acceptors (Lipinski definition) is 2. The molecule has 0 saturated carbocycles. The molecule has 0 atom stereocenters. The second kappa shape index (κ2) is 5.60. The maximum atomic E-state index is 13.7. The molecule has 0 spiro atoms. The second-order valence-corrected chi connectivity index (χ2v) is 5.12. The molecule has 0 aliphatic rings. The zero-order chi connectivity index (χ0) is 14.0. The van der Waals surface area contributed by atoms with Crippen molar-refractivity contribution in [2.24, 2.45) is 0 Å². The van der Waals surface area contributed by atoms with Gasteiger partial charge in [-0.15, -0.1) is 0 Å². The van der Waals surface area contributed by atoms with Gasteiger partial charge in [0, 0.05) is 16.2 Å². The summed E-state index contributed by atoms with van der Waals surface area (Å²) in [5.41, 5.74) is -0.0177. The molecule has 0 fully saturated rings. The minimum absolute atomic E-state index is 0.0187. The molecule has 0 bridgehead atoms. The van der Waals surface area contributed by atoms with Gasteiger partial charge in [0.25, 0.3) is 0 Å². The predicted octanol–water partition coefficient (Wildman–Crippen LogP) is 3.25. The minimum Gasteiger partial charge on any atom is -0.478 e. The highest BCUT2D eigenvalue weighted by atomic mass is 127. The van der Waals surface area contributed by atoms with Gasteiger partial charge in [0.2, 0.25) is 0 Å². The molecule has 6 heteroatoms. The molecule has 3 nitrogen and oxygen atoms in total. The highest BCUT2D eigenvalue weighted by Crippen LogP contribution is 2.19. The highest BCUT2D eigenvalue weighted by molar-refractivity contribution is 14.1. The number of carboxylic acids is 1. The molecule has 2 rings (SSSR count). The summed E-state index contributed by atoms with van der Waals surface area (Å²) < 4.78 is 27.9. The van der Waals surface area contributed by atoms with Crippen LogP contribution < -0.4 is 0 Å². The van der Waals surface area contributed by atoms with Crippen molar-refractivity contribution in [3.8, 4) is 0 Å². The summed E-state index contributed by atoms with van der Waals surface area (Å²) in [6.45, 7) is 0. The number of pyridine rings is 1. The number of halogens is 3. The fraction of sp³-hybridized carbons (Fsp3) is 0.0769. The molecule has 1 aromatic heterocycles. The van der Waals surface area contributed by atoms with E-state index in [2.05, 4.69) is 4.98 Å². The van der Waals surface area contributed by atoms with E-state index in [9.17, 15) is 13.6 Å². The van der Waals surface area contributed by atoms with Gasteiger partial charge in [-0.05, 0) is 45.9 Å². The topological polar surface area (TPSA) is 50.2 Å². The van der Waals surface area contributed by atoms with Crippen LogP contribution in [0.5, 0.6) is 0 Å². The first-order valence-electron chi connectivity index (χ1n) is 5.28. The van der Waals surface area contributed by atoms with Crippen molar-refractivity contribution in [1.29, 1.82) is 0 Å². The SMILES string of the molecule is O=C(O)c1c(F)cncc1Cc1ccc(I)cc1F. The third kappa shape index (κ3) is 3.06. The quantitative estimate of drug-likeness (QED) is 0.839. The van der Waals surface area contributed by atoms with Crippen LogP contribution >= 0.6 is 22.6 Å². The second-order valence-electron chi connectivity index (χ2n) is 3.87. The van der Waals surface area contributed by atoms with Crippen molar-refractivity contribution in [3.05, 3.63) is 62.5 Å². The number of hydrogen-bond donors (Lipinski definition) is 1. The molecule has 1 aromatic carbocycles. The molecule has 19 heavy (non-hydrogen) atoms. The molecular formula is C13H8F2INO2. The predicted molar refractivity (Wildman–Crippen MR) is 73.1 cm³/mol. The van der Waals surface area contributed by atoms with Gasteiger partial charge in [0.1, 0.15) is 11.4 Å². The molecule has 0 saturated heterocycles. The van der Waals surface area contributed by atoms with Crippen molar-refractivity contribution >= 4 is 28.6 Å². The lowest BCUT2D eigenvalue weighted by Gasteiger charge is -2.07. The normalized spacial score (nSPS) is 10.5. The Bertz CT molecular complexity index is 647. The van der Waals surface area contributed by atoms with Gasteiger partial charge in [0.05, 0.1) is 6.20 Å². The Morgan fingerprint density at radius 3 is 2.58 bits per heavy atom. The summed E-state index contributed by atoms with van der Waals surface area (Å²) in [7, 11) is 0. The maximum absolute atomic E-state index is 13.7. The average Bonchev–Trinajstić information content (AvgIpc) is 2.32. The molecule has 0 aliphatic carbocycles. The Morgan fingerprint density at radius 1 is 1.21 bits per heavy atom. The molecule has 98 valence electrons. The molecule has 2 aromatic rings. The van der Waals surface area contributed by atoms with Gasteiger partial charge in [-0.2, -0.15) is 0 Å². The van der Waals surface area contributed by atoms with E-state index in [4.69, 9.17) is 5.11 Å². The first kappa shape index (κ1) is 13.9. The van der Waals surface area contributed by atoms with Crippen LogP contribution in [-0.2, 0) is 6.42 Å². The standard InChI is InChI=1S/C13H8F2INO2/c14-10-4-9(16)2-1-7(10)3-8-5-17-6-11(15)12(8)13(18)19/h1-2,4-6H,3H2,(H,18,19). The third-order valence-corrected chi connectivity index (χ3v) is 3.26. The van der Waals surface area contributed by atoms with Crippen LogP contribution in [0.4, 0.5) is 8.78 Å². The molecule has 0 amide bonds. The van der Waals surface area contributed by atoms with Crippen LogP contribution in [0.25, 0.3) is 0 Å². The van der Waals surface area contributed by atoms with E-state index in [1.165, 1.54) is 12.3 Å². The number of carbonyl (C=O) groups is 1. The molecule has 0 radical (unpaired) electrons. The number of nitrogens with zero attached hydrogens (tertiary/aromatic N) is 1. The third-order valence-electron chi connectivity index (χ3n) is 2.59. The van der Waals surface area contributed by atoms with Crippen molar-refractivity contribution in [2.45, 2.75) is 6.42 Å². The number of carboxylic acid groups (broad SMARTS) is 1. The van der Waals surface area contributed by atoms with Crippen molar-refractivity contribution in [3.63, 3.8) is 0 Å². The number of aromatic nitrogens is 1. The van der Waals surface area contributed by atoms with E-state index in [-0.39, 0.29) is 12.0 Å². The van der Waals surface area contributed by atoms with Gasteiger partial charge >= 0.3 is 5.97 Å². The summed E-state index contributed by atoms with van der Waals surface area (Å²) in [5, 5.41) is 8.98. The molecular weight excluding hydrogens is 367 g/mol. The highest BCUT2D eigenvalue weighted by Gasteiger charge is 2.17. The molecule has 0 aliphatic heterocycles. The van der Waals surface area contributed by atoms with E-state index in [0.29, 0.717) is 5.56 Å². The Morgan fingerprint density at radius 2 is 1.95 bits per heavy atom. The van der Waals surface area contributed by atoms with Crippen LogP contribution in [-0.4, -0.2) is 16.1 Å². The van der Waals surface area contributed by atoms with Crippen LogP contribution in [0.2, 0.25) is 0 Å². The van der Waals surface area contributed by atoms with Gasteiger partial charge in [-0.3, -0.25) is 4.98 Å². The summed E-state index contributed by atoms with van der Waals surface area (Å²) in [6, 6.07) is 4.59. The summed E-state index contributed by atoms with van der Waals surface area (Å²) in [5.74, 6) is -2.76. The Hall–Kier alpha value is -1.57. The van der Waals surface area contributed by atoms with Crippen LogP contribution in [0.1, 0.15) is 21.5 Å². The number of rotatable bonds is 3. The minimum atomic E-state index is -1.39. The lowest BCUT2D eigenvalue weighted by molar-refractivity contribution is 0.0690. The largest absolute Gasteiger partial charge is 0.478 e. The average molecular weight is 375 g/mol. The smallest absolute Gasteiger partial charge is 0.339 e. The fourth-order valence-corrected chi connectivity index (χ4v) is 2.17. The Balaban J connectivity index is 2.44. The Kier molecular flexibility index (Phi) is 4.08. The summed E-state index contributed by atoms with van der Waals surface area (Å²) in [6.07, 6.45) is 2.05. The molecule has 0 unspecified atom stereocenters. The van der Waals surface area contributed by atoms with E-state index in [1.807, 2.05) is 22.6 Å². The monoisotopic (exact) mass is 375 g/mol. The van der Waals surface area contributed by atoms with Gasteiger partial charge in [-0.1, -0.05) is 6.07 Å². The van der Waals surface area contributed by atoms with Crippen LogP contribution in [0.15, 0.2) is 30.6 Å². The maximum Gasteiger partial charge on any atom is 0.339 e. The molecule has 1 N–H and O–H groups in total. The lowest BCUT2D eigenvalue weighted by Crippen LogP contribution is -2.08. The molecule has 1 heterocycles. The zero-order valence-electron chi connectivity index (χ0n) is 9.53. The van der Waals surface area contributed by atoms with E-state index < -0.39 is 23.2 Å². The summed E-state index contributed by atoms with van der Waals surface area (Å²) >= 11 is 1.97. The Labute approximate surface area is 121 Å². The number of benzene rings is 1. The zero-order valence-corrected chi connectivity index (χ0v) is 11.7. The first-order chi connectivity index (χ1) is 8.99. The van der Waals surface area contributed by atoms with Crippen molar-refractivity contribution in [2.75, 3.05) is 0 Å². The number of aromatic carboxylic acids is 1. The van der Waals surface area contributed by atoms with Crippen LogP contribution in [0, 0.1) is 15.2 Å². The van der Waals surface area contributed by atoms with E-state index >= 15 is 0 Å². The van der Waals surface area contributed by atoms with Crippen LogP contribution in [0.3, 0.4) is 0 Å². The fourth-order valence-electron chi connectivity index (χ4n) is 1.72. The lowest BCUT2D eigenvalue weighted by atomic mass is 10.0. The van der Waals surface area contributed by atoms with Crippen molar-refractivity contribution < 1.29 is 18.7 Å². The first-order valence-corrected chi connectivity index (χ1v) is 6.36. The van der Waals surface area contributed by atoms with Gasteiger partial charge < -0.3 is 5.11 Å². The summed E-state index contributed by atoms with van der Waals surface area (Å²) in [4.78, 5) is 14.6. The van der Waals surface area contributed by atoms with Gasteiger partial charge in [0.15, 0.2) is 5.82 Å². The van der Waals surface area contributed by atoms with Crippen molar-refractivity contribution in [1.82, 2.24) is 4.98 Å². The van der Waals surface area contributed by atoms with E-state index in [1.54, 1.807) is 12.1 Å². The van der Waals surface area contributed by atoms with E-state index in [0.717, 1.165) is 9.77 Å². The van der Waals surface area contributed by atoms with Gasteiger partial charge in [-0.25, -0.2) is 13.6 Å².